The number of hydrogen-bond acceptors (Lipinski definition) is 6. The second kappa shape index (κ2) is 9.24. The first-order chi connectivity index (χ1) is 14.4. The molecule has 0 bridgehead atoms. The molecule has 30 heavy (non-hydrogen) atoms. The highest BCUT2D eigenvalue weighted by Crippen LogP contribution is 2.29. The lowest BCUT2D eigenvalue weighted by Crippen LogP contribution is -2.03. The maximum Gasteiger partial charge on any atom is 0.301 e. The molecule has 0 saturated carbocycles. The quantitative estimate of drug-likeness (QED) is 0.326. The molecular formula is C22H18N4O4. The first kappa shape index (κ1) is 20.4. The number of nitro benzene ring substituents is 2. The maximum atomic E-state index is 11.3. The van der Waals surface area contributed by atoms with Crippen LogP contribution in [0.3, 0.4) is 0 Å². The number of hydrogen-bond donors (Lipinski definition) is 1. The summed E-state index contributed by atoms with van der Waals surface area (Å²) in [6.45, 7) is 2.01. The van der Waals surface area contributed by atoms with Gasteiger partial charge in [0.15, 0.2) is 0 Å². The van der Waals surface area contributed by atoms with Gasteiger partial charge in [0.25, 0.3) is 5.69 Å². The Labute approximate surface area is 172 Å². The minimum atomic E-state index is -0.685. The lowest BCUT2D eigenvalue weighted by Gasteiger charge is -2.06. The van der Waals surface area contributed by atoms with Crippen LogP contribution in [0.2, 0.25) is 0 Å². The van der Waals surface area contributed by atoms with E-state index in [0.29, 0.717) is 5.71 Å². The van der Waals surface area contributed by atoms with Gasteiger partial charge in [-0.1, -0.05) is 66.2 Å². The monoisotopic (exact) mass is 402 g/mol. The highest BCUT2D eigenvalue weighted by molar-refractivity contribution is 6.11. The van der Waals surface area contributed by atoms with E-state index < -0.39 is 15.5 Å². The van der Waals surface area contributed by atoms with Crippen molar-refractivity contribution in [2.75, 3.05) is 5.43 Å². The van der Waals surface area contributed by atoms with E-state index in [0.717, 1.165) is 22.8 Å². The van der Waals surface area contributed by atoms with Crippen molar-refractivity contribution in [3.05, 3.63) is 116 Å². The molecule has 0 aliphatic carbocycles. The molecule has 0 aliphatic rings. The highest BCUT2D eigenvalue weighted by Gasteiger charge is 2.19. The van der Waals surface area contributed by atoms with Gasteiger partial charge < -0.3 is 0 Å². The molecule has 0 aromatic heterocycles. The first-order valence-electron chi connectivity index (χ1n) is 9.01. The van der Waals surface area contributed by atoms with Crippen molar-refractivity contribution in [1.82, 2.24) is 0 Å². The summed E-state index contributed by atoms with van der Waals surface area (Å²) in [5, 5.41) is 26.6. The lowest BCUT2D eigenvalue weighted by molar-refractivity contribution is -0.393. The molecule has 150 valence electrons. The van der Waals surface area contributed by atoms with Crippen LogP contribution in [0.5, 0.6) is 0 Å². The van der Waals surface area contributed by atoms with E-state index in [2.05, 4.69) is 10.5 Å². The van der Waals surface area contributed by atoms with E-state index in [-0.39, 0.29) is 11.4 Å². The fourth-order valence-electron chi connectivity index (χ4n) is 2.66. The van der Waals surface area contributed by atoms with E-state index in [1.807, 2.05) is 67.6 Å². The molecule has 0 saturated heterocycles. The van der Waals surface area contributed by atoms with Gasteiger partial charge in [-0.15, -0.1) is 0 Å². The number of non-ortho nitro benzene ring substituents is 1. The number of benzene rings is 3. The fraction of sp³-hybridized carbons (Fsp3) is 0.0455. The van der Waals surface area contributed by atoms with E-state index in [9.17, 15) is 20.2 Å². The van der Waals surface area contributed by atoms with Crippen LogP contribution in [-0.2, 0) is 0 Å². The van der Waals surface area contributed by atoms with Crippen molar-refractivity contribution >= 4 is 28.8 Å². The second-order valence-electron chi connectivity index (χ2n) is 6.43. The topological polar surface area (TPSA) is 111 Å². The number of nitro groups is 2. The molecule has 8 nitrogen and oxygen atoms in total. The number of aryl methyl sites for hydroxylation is 1. The SMILES string of the molecule is Cc1ccc(/C=C/C(=N/Nc2ccc([N+](=O)[O-])cc2[N+](=O)[O-])c2ccccc2)cc1. The van der Waals surface area contributed by atoms with Crippen LogP contribution >= 0.6 is 0 Å². The Morgan fingerprint density at radius 3 is 2.27 bits per heavy atom. The van der Waals surface area contributed by atoms with Crippen LogP contribution in [-0.4, -0.2) is 15.6 Å². The predicted octanol–water partition coefficient (Wildman–Crippen LogP) is 5.34. The largest absolute Gasteiger partial charge is 0.301 e. The molecule has 0 aliphatic heterocycles. The standard InChI is InChI=1S/C22H18N4O4/c1-16-7-9-17(10-8-16)11-13-20(18-5-3-2-4-6-18)23-24-21-14-12-19(25(27)28)15-22(21)26(29)30/h2-15,24H,1H3/b13-11+,23-20-. The Hall–Kier alpha value is -4.33. The zero-order valence-electron chi connectivity index (χ0n) is 16.1. The van der Waals surface area contributed by atoms with E-state index >= 15 is 0 Å². The van der Waals surface area contributed by atoms with Crippen molar-refractivity contribution in [1.29, 1.82) is 0 Å². The molecule has 3 aromatic carbocycles. The molecule has 3 aromatic rings. The zero-order chi connectivity index (χ0) is 21.5. The van der Waals surface area contributed by atoms with Crippen molar-refractivity contribution < 1.29 is 9.85 Å². The van der Waals surface area contributed by atoms with Crippen LogP contribution in [0.1, 0.15) is 16.7 Å². The highest BCUT2D eigenvalue weighted by atomic mass is 16.6. The van der Waals surface area contributed by atoms with E-state index in [1.54, 1.807) is 6.08 Å². The van der Waals surface area contributed by atoms with Crippen LogP contribution in [0.25, 0.3) is 6.08 Å². The molecule has 0 fully saturated rings. The molecule has 0 radical (unpaired) electrons. The van der Waals surface area contributed by atoms with Gasteiger partial charge in [0, 0.05) is 11.6 Å². The van der Waals surface area contributed by atoms with E-state index in [1.165, 1.54) is 12.1 Å². The molecule has 0 amide bonds. The molecule has 0 heterocycles. The number of allylic oxidation sites excluding steroid dienone is 1. The van der Waals surface area contributed by atoms with Crippen LogP contribution in [0, 0.1) is 27.2 Å². The summed E-state index contributed by atoms with van der Waals surface area (Å²) in [6, 6.07) is 20.6. The molecule has 0 unspecified atom stereocenters. The Balaban J connectivity index is 1.95. The van der Waals surface area contributed by atoms with Gasteiger partial charge in [-0.3, -0.25) is 25.7 Å². The third-order valence-corrected chi connectivity index (χ3v) is 4.27. The minimum Gasteiger partial charge on any atom is -0.271 e. The number of nitrogens with zero attached hydrogens (tertiary/aromatic N) is 3. The summed E-state index contributed by atoms with van der Waals surface area (Å²) in [4.78, 5) is 20.9. The third kappa shape index (κ3) is 5.14. The van der Waals surface area contributed by atoms with Gasteiger partial charge in [-0.05, 0) is 24.6 Å². The molecule has 8 heteroatoms. The molecular weight excluding hydrogens is 384 g/mol. The average molecular weight is 402 g/mol. The van der Waals surface area contributed by atoms with Gasteiger partial charge in [-0.25, -0.2) is 0 Å². The smallest absolute Gasteiger partial charge is 0.271 e. The third-order valence-electron chi connectivity index (χ3n) is 4.27. The molecule has 1 N–H and O–H groups in total. The van der Waals surface area contributed by atoms with Gasteiger partial charge in [-0.2, -0.15) is 5.10 Å². The summed E-state index contributed by atoms with van der Waals surface area (Å²) >= 11 is 0. The van der Waals surface area contributed by atoms with Crippen molar-refractivity contribution in [3.8, 4) is 0 Å². The number of hydrazone groups is 1. The Morgan fingerprint density at radius 2 is 1.63 bits per heavy atom. The van der Waals surface area contributed by atoms with Crippen LogP contribution in [0.15, 0.2) is 84.0 Å². The van der Waals surface area contributed by atoms with Crippen molar-refractivity contribution in [2.24, 2.45) is 5.10 Å². The van der Waals surface area contributed by atoms with Gasteiger partial charge in [0.1, 0.15) is 5.69 Å². The lowest BCUT2D eigenvalue weighted by atomic mass is 10.1. The summed E-state index contributed by atoms with van der Waals surface area (Å²) in [7, 11) is 0. The van der Waals surface area contributed by atoms with E-state index in [4.69, 9.17) is 0 Å². The van der Waals surface area contributed by atoms with Gasteiger partial charge >= 0.3 is 5.69 Å². The zero-order valence-corrected chi connectivity index (χ0v) is 16.1. The fourth-order valence-corrected chi connectivity index (χ4v) is 2.66. The molecule has 0 spiro atoms. The predicted molar refractivity (Wildman–Crippen MR) is 117 cm³/mol. The molecule has 0 atom stereocenters. The minimum absolute atomic E-state index is 0.0581. The summed E-state index contributed by atoms with van der Waals surface area (Å²) in [6.07, 6.45) is 3.68. The van der Waals surface area contributed by atoms with Gasteiger partial charge in [0.2, 0.25) is 0 Å². The molecule has 3 rings (SSSR count). The number of anilines is 1. The Kier molecular flexibility index (Phi) is 6.29. The normalized spacial score (nSPS) is 11.4. The summed E-state index contributed by atoms with van der Waals surface area (Å²) < 4.78 is 0. The Morgan fingerprint density at radius 1 is 0.933 bits per heavy atom. The number of rotatable bonds is 7. The van der Waals surface area contributed by atoms with Crippen molar-refractivity contribution in [2.45, 2.75) is 6.92 Å². The first-order valence-corrected chi connectivity index (χ1v) is 9.01. The second-order valence-corrected chi connectivity index (χ2v) is 6.43. The van der Waals surface area contributed by atoms with Crippen LogP contribution < -0.4 is 5.43 Å². The average Bonchev–Trinajstić information content (AvgIpc) is 2.75. The van der Waals surface area contributed by atoms with Crippen LogP contribution in [0.4, 0.5) is 17.1 Å². The summed E-state index contributed by atoms with van der Waals surface area (Å²) in [5.41, 5.74) is 5.42. The summed E-state index contributed by atoms with van der Waals surface area (Å²) in [5.74, 6) is 0. The van der Waals surface area contributed by atoms with Gasteiger partial charge in [0.05, 0.1) is 21.6 Å². The Bertz CT molecular complexity index is 1120. The van der Waals surface area contributed by atoms with Crippen molar-refractivity contribution in [3.63, 3.8) is 0 Å². The number of nitrogens with one attached hydrogen (secondary N) is 1. The maximum absolute atomic E-state index is 11.3.